The summed E-state index contributed by atoms with van der Waals surface area (Å²) in [5, 5.41) is 32.0. The monoisotopic (exact) mass is 1360 g/mol. The molecule has 4 amide bonds. The fourth-order valence-electron chi connectivity index (χ4n) is 10.4. The molecule has 0 bridgehead atoms. The Morgan fingerprint density at radius 3 is 1.39 bits per heavy atom. The van der Waals surface area contributed by atoms with Crippen LogP contribution in [0.25, 0.3) is 21.8 Å². The number of rotatable bonds is 25. The van der Waals surface area contributed by atoms with Gasteiger partial charge < -0.3 is 72.9 Å². The number of aliphatic carboxylic acids is 2. The number of halogens is 6. The van der Waals surface area contributed by atoms with Crippen molar-refractivity contribution >= 4 is 80.1 Å². The highest BCUT2D eigenvalue weighted by atomic mass is 19.4. The van der Waals surface area contributed by atoms with Gasteiger partial charge in [0.1, 0.15) is 0 Å². The zero-order chi connectivity index (χ0) is 71.9. The van der Waals surface area contributed by atoms with Crippen molar-refractivity contribution in [2.75, 3.05) is 37.1 Å². The van der Waals surface area contributed by atoms with Crippen molar-refractivity contribution in [3.05, 3.63) is 178 Å². The maximum absolute atomic E-state index is 13.1. The van der Waals surface area contributed by atoms with Crippen molar-refractivity contribution in [3.8, 4) is 23.0 Å². The summed E-state index contributed by atoms with van der Waals surface area (Å²) in [7, 11) is 0. The molecule has 0 saturated carbocycles. The summed E-state index contributed by atoms with van der Waals surface area (Å²) in [6.45, 7) is 14.9. The molecule has 0 unspecified atom stereocenters. The van der Waals surface area contributed by atoms with Gasteiger partial charge in [-0.3, -0.25) is 29.1 Å². The number of amides is 4. The molecule has 13 N–H and O–H groups in total. The molecule has 9 rings (SSSR count). The number of benzene rings is 6. The molecule has 2 aromatic heterocycles. The number of anilines is 4. The Balaban J connectivity index is 0.000000259. The van der Waals surface area contributed by atoms with Gasteiger partial charge in [0.25, 0.3) is 11.8 Å². The molecular formula is C70H78F6N10O12. The van der Waals surface area contributed by atoms with E-state index in [0.717, 1.165) is 45.6 Å². The Morgan fingerprint density at radius 1 is 0.571 bits per heavy atom. The van der Waals surface area contributed by atoms with Crippen molar-refractivity contribution in [1.29, 1.82) is 0 Å². The van der Waals surface area contributed by atoms with Crippen LogP contribution in [0.1, 0.15) is 108 Å². The molecule has 98 heavy (non-hydrogen) atoms. The minimum absolute atomic E-state index is 0.0328. The van der Waals surface area contributed by atoms with Crippen LogP contribution in [0.4, 0.5) is 49.1 Å². The third-order valence-corrected chi connectivity index (χ3v) is 15.1. The molecule has 1 aliphatic heterocycles. The number of carbonyl (C=O) groups is 6. The number of hydrogen-bond acceptors (Lipinski definition) is 16. The van der Waals surface area contributed by atoms with Crippen LogP contribution in [-0.2, 0) is 64.5 Å². The van der Waals surface area contributed by atoms with Crippen LogP contribution in [0.15, 0.2) is 128 Å². The van der Waals surface area contributed by atoms with E-state index in [1.807, 2.05) is 132 Å². The maximum Gasteiger partial charge on any atom is 0.490 e. The second-order valence-corrected chi connectivity index (χ2v) is 21.6. The quantitative estimate of drug-likeness (QED) is 0.0238. The number of primary amides is 2. The number of aromatic nitrogens is 2. The van der Waals surface area contributed by atoms with Crippen molar-refractivity contribution in [2.24, 2.45) is 17.2 Å². The largest absolute Gasteiger partial charge is 0.490 e. The second-order valence-electron chi connectivity index (χ2n) is 21.6. The molecule has 0 fully saturated rings. The summed E-state index contributed by atoms with van der Waals surface area (Å²) in [6, 6.07) is 36.3. The fraction of sp³-hybridized carbons (Fsp3) is 0.314. The predicted octanol–water partition coefficient (Wildman–Crippen LogP) is 11.0. The molecule has 0 saturated heterocycles. The zero-order valence-corrected chi connectivity index (χ0v) is 54.6. The highest BCUT2D eigenvalue weighted by molar-refractivity contribution is 6.09. The van der Waals surface area contributed by atoms with Crippen molar-refractivity contribution < 1.29 is 84.3 Å². The maximum atomic E-state index is 13.1. The van der Waals surface area contributed by atoms with E-state index < -0.39 is 42.1 Å². The first-order valence-electron chi connectivity index (χ1n) is 31.2. The smallest absolute Gasteiger partial charge is 0.490 e. The van der Waals surface area contributed by atoms with Gasteiger partial charge in [0.05, 0.1) is 72.0 Å². The number of nitrogens with one attached hydrogen (secondary N) is 5. The Bertz CT molecular complexity index is 4080. The summed E-state index contributed by atoms with van der Waals surface area (Å²) < 4.78 is 86.7. The molecule has 522 valence electrons. The first kappa shape index (κ1) is 76.3. The van der Waals surface area contributed by atoms with Gasteiger partial charge in [-0.25, -0.2) is 9.59 Å². The number of aryl methyl sites for hydroxylation is 1. The van der Waals surface area contributed by atoms with E-state index in [-0.39, 0.29) is 29.0 Å². The van der Waals surface area contributed by atoms with Gasteiger partial charge in [0, 0.05) is 66.3 Å². The Labute approximate surface area is 561 Å². The average Bonchev–Trinajstić information content (AvgIpc) is 0.778. The van der Waals surface area contributed by atoms with Crippen LogP contribution in [0.5, 0.6) is 23.0 Å². The van der Waals surface area contributed by atoms with E-state index in [1.165, 1.54) is 23.5 Å². The van der Waals surface area contributed by atoms with Crippen molar-refractivity contribution in [3.63, 3.8) is 0 Å². The minimum Gasteiger partial charge on any atom is -0.490 e. The Morgan fingerprint density at radius 2 is 0.980 bits per heavy atom. The fourth-order valence-corrected chi connectivity index (χ4v) is 10.4. The molecule has 0 radical (unpaired) electrons. The average molecular weight is 1370 g/mol. The predicted molar refractivity (Wildman–Crippen MR) is 358 cm³/mol. The van der Waals surface area contributed by atoms with Crippen molar-refractivity contribution in [1.82, 2.24) is 25.9 Å². The topological polar surface area (TPSA) is 344 Å². The minimum atomic E-state index is -5.08. The lowest BCUT2D eigenvalue weighted by molar-refractivity contribution is -0.193. The van der Waals surface area contributed by atoms with Crippen LogP contribution >= 0.6 is 0 Å². The molecule has 8 aromatic rings. The summed E-state index contributed by atoms with van der Waals surface area (Å²) in [5.41, 5.74) is 29.7. The molecule has 0 spiro atoms. The van der Waals surface area contributed by atoms with Crippen LogP contribution in [0.2, 0.25) is 0 Å². The SMILES string of the molecule is CCOc1cc2ncc(C(N)=O)c(Nc3cccc(CNC(=O)[C@H](N)CCc4ccccc4)c3CC)c2cc1OCC.CCOc1cc2ncc(C(N)=O)c(Nc3cccc(CNC(=O)[C@H]4Cc5ccccc5CN4)c3CC)c2cc1OCC.O=C(O)C(F)(F)F.O=C(O)C(F)(F)F. The number of nitrogens with two attached hydrogens (primary N) is 3. The molecular weight excluding hydrogens is 1290 g/mol. The third-order valence-electron chi connectivity index (χ3n) is 15.1. The Kier molecular flexibility index (Phi) is 27.9. The van der Waals surface area contributed by atoms with Crippen LogP contribution in [0, 0.1) is 0 Å². The standard InChI is InChI=1S/C33H37N5O4.C33H39N5O4.2C2HF3O2/c1-4-23-22(18-37-33(40)28-14-20-10-7-8-11-21(20)17-35-28)12-9-13-26(23)38-31-24-15-29(41-5-2)30(42-6-3)16-27(24)36-19-25(31)32(34)39;1-4-23-22(19-37-33(40)26(34)16-15-21-11-8-7-9-12-21)13-10-14-27(23)38-31-24-17-29(41-5-2)30(42-6-3)18-28(24)36-20-25(31)32(35)39;2*3-2(4,5)1(6)7/h7-13,15-16,19,28,35H,4-6,14,17-18H2,1-3H3,(H2,34,39)(H,36,38)(H,37,40);7-14,17-18,20,26H,4-6,15-16,19,34H2,1-3H3,(H2,35,39)(H,36,38)(H,37,40);2*(H,6,7)/t28-;26-;;/m11../s1. The summed E-state index contributed by atoms with van der Waals surface area (Å²) in [5.74, 6) is -4.68. The second kappa shape index (κ2) is 35.8. The lowest BCUT2D eigenvalue weighted by atomic mass is 9.95. The van der Waals surface area contributed by atoms with E-state index in [1.54, 1.807) is 6.07 Å². The lowest BCUT2D eigenvalue weighted by Crippen LogP contribution is -2.47. The first-order valence-corrected chi connectivity index (χ1v) is 31.2. The van der Waals surface area contributed by atoms with Crippen molar-refractivity contribution in [2.45, 2.75) is 118 Å². The van der Waals surface area contributed by atoms with Crippen LogP contribution < -0.4 is 62.7 Å². The van der Waals surface area contributed by atoms with E-state index in [4.69, 9.17) is 56.0 Å². The highest BCUT2D eigenvalue weighted by Gasteiger charge is 2.39. The van der Waals surface area contributed by atoms with E-state index in [9.17, 15) is 45.5 Å². The van der Waals surface area contributed by atoms with Crippen LogP contribution in [0.3, 0.4) is 0 Å². The van der Waals surface area contributed by atoms with E-state index in [0.29, 0.717) is 128 Å². The van der Waals surface area contributed by atoms with Gasteiger partial charge in [-0.15, -0.1) is 0 Å². The Hall–Kier alpha value is -10.7. The number of ether oxygens (including phenoxy) is 4. The molecule has 0 aliphatic carbocycles. The van der Waals surface area contributed by atoms with Crippen LogP contribution in [-0.4, -0.2) is 107 Å². The number of nitrogens with zero attached hydrogens (tertiary/aromatic N) is 2. The number of carbonyl (C=O) groups excluding carboxylic acids is 4. The van der Waals surface area contributed by atoms with Gasteiger partial charge in [0.15, 0.2) is 23.0 Å². The van der Waals surface area contributed by atoms with E-state index in [2.05, 4.69) is 55.6 Å². The van der Waals surface area contributed by atoms with Gasteiger partial charge >= 0.3 is 24.3 Å². The molecule has 2 atom stereocenters. The lowest BCUT2D eigenvalue weighted by Gasteiger charge is -2.25. The summed E-state index contributed by atoms with van der Waals surface area (Å²) in [6.07, 6.45) is -3.89. The number of hydrogen-bond donors (Lipinski definition) is 10. The molecule has 3 heterocycles. The zero-order valence-electron chi connectivity index (χ0n) is 54.6. The highest BCUT2D eigenvalue weighted by Crippen LogP contribution is 2.40. The normalized spacial score (nSPS) is 12.7. The third kappa shape index (κ3) is 20.9. The molecule has 28 heteroatoms. The number of fused-ring (bicyclic) bond motifs is 3. The number of carboxylic acids is 2. The number of alkyl halides is 6. The first-order chi connectivity index (χ1) is 46.7. The number of carboxylic acid groups (broad SMARTS) is 2. The van der Waals surface area contributed by atoms with E-state index >= 15 is 0 Å². The molecule has 1 aliphatic rings. The van der Waals surface area contributed by atoms with Gasteiger partial charge in [-0.1, -0.05) is 92.7 Å². The molecule has 22 nitrogen and oxygen atoms in total. The summed E-state index contributed by atoms with van der Waals surface area (Å²) >= 11 is 0. The van der Waals surface area contributed by atoms with Gasteiger partial charge in [0.2, 0.25) is 11.8 Å². The van der Waals surface area contributed by atoms with Gasteiger partial charge in [-0.05, 0) is 123 Å². The van der Waals surface area contributed by atoms with Gasteiger partial charge in [-0.2, -0.15) is 26.3 Å². The summed E-state index contributed by atoms with van der Waals surface area (Å²) in [4.78, 5) is 77.6. The molecule has 6 aromatic carbocycles. The number of pyridine rings is 2.